The first-order valence-corrected chi connectivity index (χ1v) is 10.2. The Hall–Kier alpha value is -2.85. The lowest BCUT2D eigenvalue weighted by Crippen LogP contribution is -2.22. The first kappa shape index (κ1) is 20.9. The molecule has 0 radical (unpaired) electrons. The molecule has 0 saturated heterocycles. The number of ether oxygens (including phenoxy) is 2. The summed E-state index contributed by atoms with van der Waals surface area (Å²) in [6, 6.07) is 11.2. The van der Waals surface area contributed by atoms with Gasteiger partial charge in [-0.2, -0.15) is 0 Å². The third-order valence-corrected chi connectivity index (χ3v) is 5.80. The summed E-state index contributed by atoms with van der Waals surface area (Å²) in [5, 5.41) is 14.1. The number of anilines is 3. The summed E-state index contributed by atoms with van der Waals surface area (Å²) < 4.78 is 24.3. The van der Waals surface area contributed by atoms with Gasteiger partial charge in [-0.15, -0.1) is 10.2 Å². The van der Waals surface area contributed by atoms with Gasteiger partial charge in [-0.1, -0.05) is 29.2 Å². The number of aromatic nitrogens is 2. The standard InChI is InChI=1S/C19H19FN4O3S2/c1-11(17(25)21-14-7-8-15(26-2)16(10-14)27-3)28-19-24-23-18(29-19)22-13-6-4-5-12(20)9-13/h4-11H,1-3H3,(H,21,25)(H,22,23)/t11-/m1/s1. The molecule has 29 heavy (non-hydrogen) atoms. The van der Waals surface area contributed by atoms with Crippen molar-refractivity contribution in [2.75, 3.05) is 24.9 Å². The zero-order chi connectivity index (χ0) is 20.8. The summed E-state index contributed by atoms with van der Waals surface area (Å²) in [6.45, 7) is 1.78. The Kier molecular flexibility index (Phi) is 6.89. The van der Waals surface area contributed by atoms with Gasteiger partial charge in [0.05, 0.1) is 19.5 Å². The zero-order valence-electron chi connectivity index (χ0n) is 15.9. The molecule has 0 spiro atoms. The van der Waals surface area contributed by atoms with Crippen molar-refractivity contribution in [3.63, 3.8) is 0 Å². The molecule has 3 rings (SSSR count). The van der Waals surface area contributed by atoms with E-state index in [9.17, 15) is 9.18 Å². The van der Waals surface area contributed by atoms with Crippen molar-refractivity contribution in [1.82, 2.24) is 10.2 Å². The number of nitrogens with one attached hydrogen (secondary N) is 2. The summed E-state index contributed by atoms with van der Waals surface area (Å²) >= 11 is 2.57. The van der Waals surface area contributed by atoms with Crippen molar-refractivity contribution in [3.05, 3.63) is 48.3 Å². The van der Waals surface area contributed by atoms with E-state index in [4.69, 9.17) is 9.47 Å². The van der Waals surface area contributed by atoms with Crippen LogP contribution in [0.15, 0.2) is 46.8 Å². The number of carbonyl (C=O) groups is 1. The number of nitrogens with zero attached hydrogens (tertiary/aromatic N) is 2. The number of rotatable bonds is 8. The molecule has 2 aromatic carbocycles. The predicted molar refractivity (Wildman–Crippen MR) is 113 cm³/mol. The van der Waals surface area contributed by atoms with Crippen LogP contribution in [0.2, 0.25) is 0 Å². The summed E-state index contributed by atoms with van der Waals surface area (Å²) in [5.74, 6) is 0.592. The topological polar surface area (TPSA) is 85.4 Å². The molecule has 1 aromatic heterocycles. The third kappa shape index (κ3) is 5.58. The van der Waals surface area contributed by atoms with E-state index in [2.05, 4.69) is 20.8 Å². The number of methoxy groups -OCH3 is 2. The van der Waals surface area contributed by atoms with E-state index in [0.717, 1.165) is 0 Å². The number of hydrogen-bond acceptors (Lipinski definition) is 8. The van der Waals surface area contributed by atoms with Gasteiger partial charge in [-0.25, -0.2) is 4.39 Å². The van der Waals surface area contributed by atoms with Gasteiger partial charge in [-0.05, 0) is 37.3 Å². The molecule has 0 aliphatic heterocycles. The second kappa shape index (κ2) is 9.57. The number of carbonyl (C=O) groups excluding carboxylic acids is 1. The van der Waals surface area contributed by atoms with Gasteiger partial charge in [0.15, 0.2) is 15.8 Å². The highest BCUT2D eigenvalue weighted by molar-refractivity contribution is 8.02. The minimum absolute atomic E-state index is 0.183. The SMILES string of the molecule is COc1ccc(NC(=O)[C@@H](C)Sc2nnc(Nc3cccc(F)c3)s2)cc1OC. The average molecular weight is 435 g/mol. The van der Waals surface area contributed by atoms with Crippen LogP contribution in [0.1, 0.15) is 6.92 Å². The average Bonchev–Trinajstić information content (AvgIpc) is 3.14. The number of amides is 1. The minimum atomic E-state index is -0.405. The second-order valence-electron chi connectivity index (χ2n) is 5.83. The summed E-state index contributed by atoms with van der Waals surface area (Å²) in [6.07, 6.45) is 0. The van der Waals surface area contributed by atoms with Crippen LogP contribution < -0.4 is 20.1 Å². The molecule has 152 valence electrons. The van der Waals surface area contributed by atoms with E-state index in [-0.39, 0.29) is 11.7 Å². The van der Waals surface area contributed by atoms with Crippen molar-refractivity contribution >= 4 is 45.5 Å². The molecule has 1 atom stereocenters. The Morgan fingerprint density at radius 2 is 1.90 bits per heavy atom. The number of halogens is 1. The molecule has 10 heteroatoms. The maximum absolute atomic E-state index is 13.3. The summed E-state index contributed by atoms with van der Waals surface area (Å²) in [5.41, 5.74) is 1.18. The van der Waals surface area contributed by atoms with Crippen LogP contribution in [0.5, 0.6) is 11.5 Å². The first-order valence-electron chi connectivity index (χ1n) is 8.54. The molecular weight excluding hydrogens is 415 g/mol. The lowest BCUT2D eigenvalue weighted by molar-refractivity contribution is -0.115. The largest absolute Gasteiger partial charge is 0.493 e. The molecule has 0 fully saturated rings. The van der Waals surface area contributed by atoms with Crippen LogP contribution in [0.3, 0.4) is 0 Å². The lowest BCUT2D eigenvalue weighted by Gasteiger charge is -2.13. The molecule has 0 saturated carbocycles. The number of thioether (sulfide) groups is 1. The van der Waals surface area contributed by atoms with Gasteiger partial charge in [-0.3, -0.25) is 4.79 Å². The van der Waals surface area contributed by atoms with E-state index >= 15 is 0 Å². The van der Waals surface area contributed by atoms with Gasteiger partial charge in [0, 0.05) is 17.4 Å². The first-order chi connectivity index (χ1) is 14.0. The van der Waals surface area contributed by atoms with Gasteiger partial charge in [0.2, 0.25) is 11.0 Å². The van der Waals surface area contributed by atoms with Crippen molar-refractivity contribution in [2.24, 2.45) is 0 Å². The van der Waals surface area contributed by atoms with Crippen molar-refractivity contribution < 1.29 is 18.7 Å². The fourth-order valence-corrected chi connectivity index (χ4v) is 4.28. The molecule has 1 amide bonds. The van der Waals surface area contributed by atoms with Crippen molar-refractivity contribution in [2.45, 2.75) is 16.5 Å². The van der Waals surface area contributed by atoms with E-state index in [0.29, 0.717) is 32.3 Å². The maximum atomic E-state index is 13.3. The normalized spacial score (nSPS) is 11.6. The Morgan fingerprint density at radius 1 is 1.10 bits per heavy atom. The smallest absolute Gasteiger partial charge is 0.237 e. The van der Waals surface area contributed by atoms with E-state index in [1.165, 1.54) is 42.3 Å². The molecule has 7 nitrogen and oxygen atoms in total. The Labute approximate surface area is 175 Å². The fourth-order valence-electron chi connectivity index (χ4n) is 2.36. The van der Waals surface area contributed by atoms with Gasteiger partial charge in [0.1, 0.15) is 5.82 Å². The van der Waals surface area contributed by atoms with Crippen LogP contribution >= 0.6 is 23.1 Å². The van der Waals surface area contributed by atoms with Crippen molar-refractivity contribution in [1.29, 1.82) is 0 Å². The predicted octanol–water partition coefficient (Wildman–Crippen LogP) is 4.56. The Bertz CT molecular complexity index is 999. The second-order valence-corrected chi connectivity index (χ2v) is 8.39. The Balaban J connectivity index is 1.59. The monoisotopic (exact) mass is 434 g/mol. The van der Waals surface area contributed by atoms with Gasteiger partial charge >= 0.3 is 0 Å². The number of benzene rings is 2. The molecule has 1 heterocycles. The molecule has 0 bridgehead atoms. The highest BCUT2D eigenvalue weighted by Gasteiger charge is 2.18. The van der Waals surface area contributed by atoms with Crippen LogP contribution in [-0.2, 0) is 4.79 Å². The Morgan fingerprint density at radius 3 is 2.62 bits per heavy atom. The highest BCUT2D eigenvalue weighted by Crippen LogP contribution is 2.32. The van der Waals surface area contributed by atoms with Crippen LogP contribution in [0.25, 0.3) is 0 Å². The summed E-state index contributed by atoms with van der Waals surface area (Å²) in [7, 11) is 3.08. The molecule has 0 unspecified atom stereocenters. The van der Waals surface area contributed by atoms with E-state index in [1.807, 2.05) is 0 Å². The molecule has 0 aliphatic carbocycles. The lowest BCUT2D eigenvalue weighted by atomic mass is 10.2. The van der Waals surface area contributed by atoms with E-state index < -0.39 is 5.25 Å². The third-order valence-electron chi connectivity index (χ3n) is 3.78. The summed E-state index contributed by atoms with van der Waals surface area (Å²) in [4.78, 5) is 12.5. The maximum Gasteiger partial charge on any atom is 0.237 e. The molecule has 2 N–H and O–H groups in total. The fraction of sp³-hybridized carbons (Fsp3) is 0.211. The van der Waals surface area contributed by atoms with Gasteiger partial charge in [0.25, 0.3) is 0 Å². The molecular formula is C19H19FN4O3S2. The van der Waals surface area contributed by atoms with E-state index in [1.54, 1.807) is 44.4 Å². The highest BCUT2D eigenvalue weighted by atomic mass is 32.2. The quantitative estimate of drug-likeness (QED) is 0.503. The van der Waals surface area contributed by atoms with Crippen molar-refractivity contribution in [3.8, 4) is 11.5 Å². The molecule has 0 aliphatic rings. The van der Waals surface area contributed by atoms with Gasteiger partial charge < -0.3 is 20.1 Å². The van der Waals surface area contributed by atoms with Crippen LogP contribution in [0, 0.1) is 5.82 Å². The van der Waals surface area contributed by atoms with Crippen LogP contribution in [-0.4, -0.2) is 35.6 Å². The minimum Gasteiger partial charge on any atom is -0.493 e. The zero-order valence-corrected chi connectivity index (χ0v) is 17.6. The molecule has 3 aromatic rings. The number of hydrogen-bond donors (Lipinski definition) is 2. The van der Waals surface area contributed by atoms with Crippen LogP contribution in [0.4, 0.5) is 20.9 Å².